The van der Waals surface area contributed by atoms with Crippen molar-refractivity contribution in [2.75, 3.05) is 12.4 Å². The minimum Gasteiger partial charge on any atom is -0.497 e. The van der Waals surface area contributed by atoms with Gasteiger partial charge in [-0.3, -0.25) is 10.1 Å². The van der Waals surface area contributed by atoms with Gasteiger partial charge in [-0.25, -0.2) is 4.98 Å². The van der Waals surface area contributed by atoms with Crippen molar-refractivity contribution in [3.8, 4) is 17.0 Å². The zero-order chi connectivity index (χ0) is 16.2. The number of carbonyl (C=O) groups excluding carboxylic acids is 1. The maximum atomic E-state index is 12.3. The first-order valence-corrected chi connectivity index (χ1v) is 8.01. The number of nitrogens with one attached hydrogen (secondary N) is 1. The molecular formula is C18H16N2O2S. The van der Waals surface area contributed by atoms with E-state index in [0.717, 1.165) is 11.3 Å². The van der Waals surface area contributed by atoms with E-state index in [2.05, 4.69) is 10.3 Å². The Bertz CT molecular complexity index is 825. The van der Waals surface area contributed by atoms with Gasteiger partial charge in [0.15, 0.2) is 5.13 Å². The van der Waals surface area contributed by atoms with E-state index in [-0.39, 0.29) is 5.91 Å². The number of rotatable bonds is 4. The summed E-state index contributed by atoms with van der Waals surface area (Å²) in [5.74, 6) is 0.450. The Hall–Kier alpha value is -2.66. The third-order valence-electron chi connectivity index (χ3n) is 3.40. The Morgan fingerprint density at radius 3 is 2.70 bits per heavy atom. The van der Waals surface area contributed by atoms with Crippen LogP contribution >= 0.6 is 11.3 Å². The standard InChI is InChI=1S/C18H16N2O2S/c1-12-6-8-13(9-7-12)16-11-23-18(19-16)20-17(21)14-4-3-5-15(10-14)22-2/h3-11H,1-2H3,(H,19,20,21). The molecule has 0 atom stereocenters. The highest BCUT2D eigenvalue weighted by Gasteiger charge is 2.10. The largest absolute Gasteiger partial charge is 0.497 e. The molecule has 0 aliphatic heterocycles. The highest BCUT2D eigenvalue weighted by molar-refractivity contribution is 7.14. The molecule has 0 saturated heterocycles. The second-order valence-electron chi connectivity index (χ2n) is 5.09. The molecule has 0 saturated carbocycles. The Morgan fingerprint density at radius 2 is 1.96 bits per heavy atom. The van der Waals surface area contributed by atoms with Crippen LogP contribution in [0.25, 0.3) is 11.3 Å². The molecule has 1 N–H and O–H groups in total. The van der Waals surface area contributed by atoms with Crippen LogP contribution in [0.1, 0.15) is 15.9 Å². The maximum Gasteiger partial charge on any atom is 0.257 e. The molecule has 0 bridgehead atoms. The molecule has 3 rings (SSSR count). The van der Waals surface area contributed by atoms with E-state index in [1.165, 1.54) is 16.9 Å². The number of methoxy groups -OCH3 is 1. The van der Waals surface area contributed by atoms with E-state index < -0.39 is 0 Å². The van der Waals surface area contributed by atoms with Crippen molar-refractivity contribution in [3.63, 3.8) is 0 Å². The first kappa shape index (κ1) is 15.2. The third-order valence-corrected chi connectivity index (χ3v) is 4.16. The predicted octanol–water partition coefficient (Wildman–Crippen LogP) is 4.38. The topological polar surface area (TPSA) is 51.2 Å². The molecule has 0 aliphatic carbocycles. The van der Waals surface area contributed by atoms with Crippen LogP contribution in [0.3, 0.4) is 0 Å². The number of thiazole rings is 1. The van der Waals surface area contributed by atoms with Gasteiger partial charge in [-0.05, 0) is 25.1 Å². The van der Waals surface area contributed by atoms with Crippen molar-refractivity contribution in [2.45, 2.75) is 6.92 Å². The molecule has 0 aliphatic rings. The smallest absolute Gasteiger partial charge is 0.257 e. The number of ether oxygens (including phenoxy) is 1. The Morgan fingerprint density at radius 1 is 1.17 bits per heavy atom. The highest BCUT2D eigenvalue weighted by Crippen LogP contribution is 2.25. The molecule has 0 radical (unpaired) electrons. The van der Waals surface area contributed by atoms with Crippen molar-refractivity contribution in [2.24, 2.45) is 0 Å². The molecule has 23 heavy (non-hydrogen) atoms. The third kappa shape index (κ3) is 3.57. The summed E-state index contributed by atoms with van der Waals surface area (Å²) in [6, 6.07) is 15.2. The quantitative estimate of drug-likeness (QED) is 0.775. The van der Waals surface area contributed by atoms with Crippen LogP contribution in [-0.4, -0.2) is 18.0 Å². The Balaban J connectivity index is 1.75. The highest BCUT2D eigenvalue weighted by atomic mass is 32.1. The van der Waals surface area contributed by atoms with Crippen molar-refractivity contribution in [1.82, 2.24) is 4.98 Å². The lowest BCUT2D eigenvalue weighted by Gasteiger charge is -2.04. The van der Waals surface area contributed by atoms with E-state index in [1.54, 1.807) is 31.4 Å². The molecule has 1 aromatic heterocycles. The Labute approximate surface area is 138 Å². The molecule has 0 spiro atoms. The molecule has 3 aromatic rings. The summed E-state index contributed by atoms with van der Waals surface area (Å²) < 4.78 is 5.13. The molecule has 4 nitrogen and oxygen atoms in total. The van der Waals surface area contributed by atoms with Crippen molar-refractivity contribution in [3.05, 3.63) is 65.0 Å². The maximum absolute atomic E-state index is 12.3. The summed E-state index contributed by atoms with van der Waals surface area (Å²) in [6.45, 7) is 2.05. The molecule has 1 heterocycles. The van der Waals surface area contributed by atoms with Crippen LogP contribution in [0.4, 0.5) is 5.13 Å². The Kier molecular flexibility index (Phi) is 4.39. The van der Waals surface area contributed by atoms with Crippen LogP contribution in [0.15, 0.2) is 53.9 Å². The van der Waals surface area contributed by atoms with E-state index in [9.17, 15) is 4.79 Å². The fraction of sp³-hybridized carbons (Fsp3) is 0.111. The number of hydrogen-bond acceptors (Lipinski definition) is 4. The van der Waals surface area contributed by atoms with E-state index in [1.807, 2.05) is 36.6 Å². The zero-order valence-corrected chi connectivity index (χ0v) is 13.7. The average molecular weight is 324 g/mol. The monoisotopic (exact) mass is 324 g/mol. The number of aromatic nitrogens is 1. The molecule has 116 valence electrons. The van der Waals surface area contributed by atoms with Crippen molar-refractivity contribution < 1.29 is 9.53 Å². The van der Waals surface area contributed by atoms with Gasteiger partial charge in [-0.15, -0.1) is 11.3 Å². The lowest BCUT2D eigenvalue weighted by Crippen LogP contribution is -2.11. The zero-order valence-electron chi connectivity index (χ0n) is 12.9. The van der Waals surface area contributed by atoms with Gasteiger partial charge in [0, 0.05) is 16.5 Å². The number of anilines is 1. The van der Waals surface area contributed by atoms with Gasteiger partial charge >= 0.3 is 0 Å². The van der Waals surface area contributed by atoms with Gasteiger partial charge in [0.1, 0.15) is 5.75 Å². The number of hydrogen-bond donors (Lipinski definition) is 1. The van der Waals surface area contributed by atoms with Crippen LogP contribution in [0, 0.1) is 6.92 Å². The van der Waals surface area contributed by atoms with Crippen molar-refractivity contribution in [1.29, 1.82) is 0 Å². The first-order valence-electron chi connectivity index (χ1n) is 7.13. The number of amides is 1. The van der Waals surface area contributed by atoms with Gasteiger partial charge in [0.25, 0.3) is 5.91 Å². The summed E-state index contributed by atoms with van der Waals surface area (Å²) >= 11 is 1.41. The lowest BCUT2D eigenvalue weighted by molar-refractivity contribution is 0.102. The second-order valence-corrected chi connectivity index (χ2v) is 5.95. The molecule has 5 heteroatoms. The van der Waals surface area contributed by atoms with Gasteiger partial charge in [0.2, 0.25) is 0 Å². The summed E-state index contributed by atoms with van der Waals surface area (Å²) in [5.41, 5.74) is 3.64. The van der Waals surface area contributed by atoms with Gasteiger partial charge in [0.05, 0.1) is 12.8 Å². The van der Waals surface area contributed by atoms with E-state index in [0.29, 0.717) is 16.4 Å². The van der Waals surface area contributed by atoms with Gasteiger partial charge in [-0.1, -0.05) is 35.9 Å². The average Bonchev–Trinajstić information content (AvgIpc) is 3.04. The summed E-state index contributed by atoms with van der Waals surface area (Å²) in [6.07, 6.45) is 0. The minimum atomic E-state index is -0.200. The normalized spacial score (nSPS) is 10.3. The molecule has 0 unspecified atom stereocenters. The van der Waals surface area contributed by atoms with Crippen LogP contribution in [0.5, 0.6) is 5.75 Å². The van der Waals surface area contributed by atoms with Crippen LogP contribution in [0.2, 0.25) is 0 Å². The molecular weight excluding hydrogens is 308 g/mol. The fourth-order valence-corrected chi connectivity index (χ4v) is 2.84. The van der Waals surface area contributed by atoms with Crippen molar-refractivity contribution >= 4 is 22.4 Å². The predicted molar refractivity (Wildman–Crippen MR) is 93.2 cm³/mol. The van der Waals surface area contributed by atoms with Gasteiger partial charge < -0.3 is 4.74 Å². The molecule has 2 aromatic carbocycles. The second kappa shape index (κ2) is 6.62. The van der Waals surface area contributed by atoms with Crippen LogP contribution < -0.4 is 10.1 Å². The summed E-state index contributed by atoms with van der Waals surface area (Å²) in [4.78, 5) is 16.7. The number of benzene rings is 2. The molecule has 1 amide bonds. The van der Waals surface area contributed by atoms with Crippen LogP contribution in [-0.2, 0) is 0 Å². The number of nitrogens with zero attached hydrogens (tertiary/aromatic N) is 1. The summed E-state index contributed by atoms with van der Waals surface area (Å²) in [5, 5.41) is 5.34. The fourth-order valence-electron chi connectivity index (χ4n) is 2.12. The number of aryl methyl sites for hydroxylation is 1. The first-order chi connectivity index (χ1) is 11.2. The minimum absolute atomic E-state index is 0.200. The lowest BCUT2D eigenvalue weighted by atomic mass is 10.1. The summed E-state index contributed by atoms with van der Waals surface area (Å²) in [7, 11) is 1.58. The van der Waals surface area contributed by atoms with E-state index >= 15 is 0 Å². The SMILES string of the molecule is COc1cccc(C(=O)Nc2nc(-c3ccc(C)cc3)cs2)c1. The van der Waals surface area contributed by atoms with E-state index in [4.69, 9.17) is 4.74 Å². The number of carbonyl (C=O) groups is 1. The van der Waals surface area contributed by atoms with Gasteiger partial charge in [-0.2, -0.15) is 0 Å². The molecule has 0 fully saturated rings.